The first-order chi connectivity index (χ1) is 5.79. The Labute approximate surface area is 77.4 Å². The molecule has 1 heterocycles. The standard InChI is InChI=1S/C10H14OS/c1-3-5-8-6-7-12-10(8)9(11)4-2/h6-7H,3-5H2,1-2H3. The second kappa shape index (κ2) is 4.41. The Morgan fingerprint density at radius 2 is 2.25 bits per heavy atom. The van der Waals surface area contributed by atoms with Gasteiger partial charge in [-0.15, -0.1) is 11.3 Å². The van der Waals surface area contributed by atoms with E-state index in [1.54, 1.807) is 11.3 Å². The first kappa shape index (κ1) is 9.46. The molecule has 0 N–H and O–H groups in total. The van der Waals surface area contributed by atoms with Gasteiger partial charge < -0.3 is 0 Å². The molecule has 0 aliphatic rings. The molecule has 0 radical (unpaired) electrons. The number of hydrogen-bond donors (Lipinski definition) is 0. The molecule has 1 rings (SSSR count). The highest BCUT2D eigenvalue weighted by Gasteiger charge is 2.09. The van der Waals surface area contributed by atoms with Gasteiger partial charge in [0, 0.05) is 6.42 Å². The van der Waals surface area contributed by atoms with Crippen LogP contribution in [0.4, 0.5) is 0 Å². The van der Waals surface area contributed by atoms with Crippen molar-refractivity contribution in [3.8, 4) is 0 Å². The summed E-state index contributed by atoms with van der Waals surface area (Å²) in [6.07, 6.45) is 2.77. The van der Waals surface area contributed by atoms with Gasteiger partial charge in [-0.1, -0.05) is 20.3 Å². The number of Topliss-reactive ketones (excluding diaryl/α,β-unsaturated/α-hetero) is 1. The number of rotatable bonds is 4. The molecule has 1 aromatic heterocycles. The third-order valence-corrected chi connectivity index (χ3v) is 2.84. The SMILES string of the molecule is CCCc1ccsc1C(=O)CC. The molecule has 0 atom stereocenters. The predicted molar refractivity (Wildman–Crippen MR) is 52.9 cm³/mol. The molecule has 0 spiro atoms. The van der Waals surface area contributed by atoms with Crippen molar-refractivity contribution >= 4 is 17.1 Å². The van der Waals surface area contributed by atoms with Crippen LogP contribution in [0.25, 0.3) is 0 Å². The van der Waals surface area contributed by atoms with E-state index in [2.05, 4.69) is 13.0 Å². The van der Waals surface area contributed by atoms with Gasteiger partial charge in [-0.05, 0) is 23.4 Å². The van der Waals surface area contributed by atoms with E-state index in [1.807, 2.05) is 12.3 Å². The van der Waals surface area contributed by atoms with Crippen LogP contribution < -0.4 is 0 Å². The third-order valence-electron chi connectivity index (χ3n) is 1.84. The smallest absolute Gasteiger partial charge is 0.172 e. The molecule has 0 aliphatic heterocycles. The maximum Gasteiger partial charge on any atom is 0.172 e. The van der Waals surface area contributed by atoms with Crippen molar-refractivity contribution in [3.63, 3.8) is 0 Å². The normalized spacial score (nSPS) is 10.2. The molecule has 0 aromatic carbocycles. The van der Waals surface area contributed by atoms with Crippen LogP contribution >= 0.6 is 11.3 Å². The van der Waals surface area contributed by atoms with Gasteiger partial charge in [-0.2, -0.15) is 0 Å². The number of carbonyl (C=O) groups excluding carboxylic acids is 1. The molecule has 0 saturated carbocycles. The zero-order valence-corrected chi connectivity index (χ0v) is 8.41. The Morgan fingerprint density at radius 1 is 1.50 bits per heavy atom. The lowest BCUT2D eigenvalue weighted by atomic mass is 10.1. The van der Waals surface area contributed by atoms with Crippen LogP contribution in [0.15, 0.2) is 11.4 Å². The maximum absolute atomic E-state index is 11.4. The third kappa shape index (κ3) is 1.95. The van der Waals surface area contributed by atoms with Gasteiger partial charge in [0.2, 0.25) is 0 Å². The number of thiophene rings is 1. The summed E-state index contributed by atoms with van der Waals surface area (Å²) in [7, 11) is 0. The topological polar surface area (TPSA) is 17.1 Å². The quantitative estimate of drug-likeness (QED) is 0.653. The summed E-state index contributed by atoms with van der Waals surface area (Å²) >= 11 is 1.57. The average Bonchev–Trinajstić information content (AvgIpc) is 2.52. The molecular formula is C10H14OS. The van der Waals surface area contributed by atoms with Crippen LogP contribution in [0.2, 0.25) is 0 Å². The molecule has 2 heteroatoms. The van der Waals surface area contributed by atoms with E-state index in [4.69, 9.17) is 0 Å². The van der Waals surface area contributed by atoms with Crippen molar-refractivity contribution in [3.05, 3.63) is 21.9 Å². The minimum Gasteiger partial charge on any atom is -0.293 e. The van der Waals surface area contributed by atoms with E-state index in [0.29, 0.717) is 6.42 Å². The fourth-order valence-corrected chi connectivity index (χ4v) is 2.17. The lowest BCUT2D eigenvalue weighted by Crippen LogP contribution is -1.97. The van der Waals surface area contributed by atoms with Gasteiger partial charge in [0.05, 0.1) is 4.88 Å². The lowest BCUT2D eigenvalue weighted by Gasteiger charge is -1.98. The van der Waals surface area contributed by atoms with E-state index in [-0.39, 0.29) is 5.78 Å². The minimum atomic E-state index is 0.286. The first-order valence-electron chi connectivity index (χ1n) is 4.39. The largest absolute Gasteiger partial charge is 0.293 e. The van der Waals surface area contributed by atoms with Crippen LogP contribution in [0.1, 0.15) is 41.9 Å². The fourth-order valence-electron chi connectivity index (χ4n) is 1.21. The number of carbonyl (C=O) groups is 1. The zero-order valence-electron chi connectivity index (χ0n) is 7.59. The van der Waals surface area contributed by atoms with Crippen LogP contribution in [0, 0.1) is 0 Å². The molecule has 1 nitrogen and oxygen atoms in total. The highest BCUT2D eigenvalue weighted by molar-refractivity contribution is 7.12. The van der Waals surface area contributed by atoms with E-state index >= 15 is 0 Å². The van der Waals surface area contributed by atoms with Crippen molar-refractivity contribution in [1.29, 1.82) is 0 Å². The maximum atomic E-state index is 11.4. The second-order valence-electron chi connectivity index (χ2n) is 2.80. The van der Waals surface area contributed by atoms with Crippen molar-refractivity contribution in [2.24, 2.45) is 0 Å². The minimum absolute atomic E-state index is 0.286. The van der Waals surface area contributed by atoms with Crippen LogP contribution in [0.5, 0.6) is 0 Å². The number of hydrogen-bond acceptors (Lipinski definition) is 2. The Kier molecular flexibility index (Phi) is 3.48. The number of ketones is 1. The van der Waals surface area contributed by atoms with E-state index in [9.17, 15) is 4.79 Å². The van der Waals surface area contributed by atoms with Crippen LogP contribution in [0.3, 0.4) is 0 Å². The van der Waals surface area contributed by atoms with Gasteiger partial charge in [0.25, 0.3) is 0 Å². The second-order valence-corrected chi connectivity index (χ2v) is 3.72. The summed E-state index contributed by atoms with van der Waals surface area (Å²) in [5.41, 5.74) is 1.23. The van der Waals surface area contributed by atoms with E-state index in [0.717, 1.165) is 17.7 Å². The molecule has 0 saturated heterocycles. The Morgan fingerprint density at radius 3 is 2.83 bits per heavy atom. The Bertz CT molecular complexity index is 263. The summed E-state index contributed by atoms with van der Waals surface area (Å²) < 4.78 is 0. The fraction of sp³-hybridized carbons (Fsp3) is 0.500. The molecule has 66 valence electrons. The van der Waals surface area contributed by atoms with Crippen LogP contribution in [-0.4, -0.2) is 5.78 Å². The molecule has 12 heavy (non-hydrogen) atoms. The summed E-state index contributed by atoms with van der Waals surface area (Å²) in [6.45, 7) is 4.05. The molecule has 0 amide bonds. The number of aryl methyl sites for hydroxylation is 1. The summed E-state index contributed by atoms with van der Waals surface area (Å²) in [4.78, 5) is 12.4. The van der Waals surface area contributed by atoms with Gasteiger partial charge >= 0.3 is 0 Å². The van der Waals surface area contributed by atoms with E-state index in [1.165, 1.54) is 5.56 Å². The predicted octanol–water partition coefficient (Wildman–Crippen LogP) is 3.29. The van der Waals surface area contributed by atoms with Crippen molar-refractivity contribution in [2.45, 2.75) is 33.1 Å². The summed E-state index contributed by atoms with van der Waals surface area (Å²) in [5.74, 6) is 0.286. The van der Waals surface area contributed by atoms with Gasteiger partial charge in [-0.3, -0.25) is 4.79 Å². The molecule has 0 aliphatic carbocycles. The monoisotopic (exact) mass is 182 g/mol. The Hall–Kier alpha value is -0.630. The molecule has 0 unspecified atom stereocenters. The Balaban J connectivity index is 2.83. The van der Waals surface area contributed by atoms with Crippen molar-refractivity contribution < 1.29 is 4.79 Å². The van der Waals surface area contributed by atoms with Gasteiger partial charge in [0.1, 0.15) is 0 Å². The summed E-state index contributed by atoms with van der Waals surface area (Å²) in [6, 6.07) is 2.07. The molecule has 0 bridgehead atoms. The summed E-state index contributed by atoms with van der Waals surface area (Å²) in [5, 5.41) is 2.01. The first-order valence-corrected chi connectivity index (χ1v) is 5.27. The van der Waals surface area contributed by atoms with Gasteiger partial charge in [0.15, 0.2) is 5.78 Å². The van der Waals surface area contributed by atoms with E-state index < -0.39 is 0 Å². The molecule has 1 aromatic rings. The zero-order chi connectivity index (χ0) is 8.97. The van der Waals surface area contributed by atoms with Crippen molar-refractivity contribution in [1.82, 2.24) is 0 Å². The van der Waals surface area contributed by atoms with Crippen LogP contribution in [-0.2, 0) is 6.42 Å². The molecular weight excluding hydrogens is 168 g/mol. The average molecular weight is 182 g/mol. The molecule has 0 fully saturated rings. The van der Waals surface area contributed by atoms with Gasteiger partial charge in [-0.25, -0.2) is 0 Å². The van der Waals surface area contributed by atoms with Crippen molar-refractivity contribution in [2.75, 3.05) is 0 Å². The highest BCUT2D eigenvalue weighted by Crippen LogP contribution is 2.19. The highest BCUT2D eigenvalue weighted by atomic mass is 32.1. The lowest BCUT2D eigenvalue weighted by molar-refractivity contribution is 0.0991.